The van der Waals surface area contributed by atoms with Gasteiger partial charge in [-0.05, 0) is 81.2 Å². The van der Waals surface area contributed by atoms with Crippen molar-refractivity contribution in [2.45, 2.75) is 63.0 Å². The quantitative estimate of drug-likeness (QED) is 0.422. The number of allylic oxidation sites excluding steroid dienone is 1. The van der Waals surface area contributed by atoms with Crippen molar-refractivity contribution in [2.75, 3.05) is 13.1 Å². The van der Waals surface area contributed by atoms with E-state index in [1.54, 1.807) is 18.2 Å². The number of nitrogens with zero attached hydrogens (tertiary/aromatic N) is 3. The number of carbonyl (C=O) groups is 1. The maximum Gasteiger partial charge on any atom is 0.253 e. The Kier molecular flexibility index (Phi) is 7.45. The number of benzene rings is 1. The predicted octanol–water partition coefficient (Wildman–Crippen LogP) is 6.57. The number of rotatable bonds is 7. The lowest BCUT2D eigenvalue weighted by Crippen LogP contribution is -2.40. The number of amides is 1. The first kappa shape index (κ1) is 24.3. The second kappa shape index (κ2) is 10.7. The number of hydrogen-bond acceptors (Lipinski definition) is 4. The van der Waals surface area contributed by atoms with Gasteiger partial charge in [0.2, 0.25) is 5.88 Å². The summed E-state index contributed by atoms with van der Waals surface area (Å²) >= 11 is 12.1. The van der Waals surface area contributed by atoms with Crippen molar-refractivity contribution in [2.24, 2.45) is 10.9 Å². The Morgan fingerprint density at radius 3 is 2.57 bits per heavy atom. The van der Waals surface area contributed by atoms with Gasteiger partial charge in [-0.25, -0.2) is 4.98 Å². The van der Waals surface area contributed by atoms with Crippen molar-refractivity contribution >= 4 is 35.3 Å². The maximum atomic E-state index is 12.9. The summed E-state index contributed by atoms with van der Waals surface area (Å²) in [6, 6.07) is 11.2. The summed E-state index contributed by atoms with van der Waals surface area (Å²) in [5.41, 5.74) is 1.32. The molecule has 3 aliphatic rings. The Balaban J connectivity index is 1.19. The molecular formula is C28H31Cl2N3O2. The molecule has 2 fully saturated rings. The normalized spacial score (nSPS) is 22.7. The molecule has 0 bridgehead atoms. The molecular weight excluding hydrogens is 481 g/mol. The van der Waals surface area contributed by atoms with E-state index in [1.807, 2.05) is 29.3 Å². The number of piperidine rings is 1. The lowest BCUT2D eigenvalue weighted by atomic mass is 9.80. The number of aromatic nitrogens is 1. The third kappa shape index (κ3) is 5.90. The van der Waals surface area contributed by atoms with Crippen molar-refractivity contribution < 1.29 is 9.53 Å². The molecule has 0 N–H and O–H groups in total. The minimum atomic E-state index is -0.278. The molecule has 184 valence electrons. The fourth-order valence-electron chi connectivity index (χ4n) is 5.52. The molecule has 5 nitrogen and oxygen atoms in total. The zero-order valence-corrected chi connectivity index (χ0v) is 21.3. The van der Waals surface area contributed by atoms with Crippen molar-refractivity contribution in [1.82, 2.24) is 9.88 Å². The Labute approximate surface area is 217 Å². The van der Waals surface area contributed by atoms with Crippen LogP contribution in [0, 0.1) is 5.92 Å². The van der Waals surface area contributed by atoms with Gasteiger partial charge in [-0.3, -0.25) is 9.79 Å². The highest BCUT2D eigenvalue weighted by molar-refractivity contribution is 6.42. The number of halogens is 2. The zero-order valence-electron chi connectivity index (χ0n) is 19.8. The summed E-state index contributed by atoms with van der Waals surface area (Å²) < 4.78 is 6.13. The van der Waals surface area contributed by atoms with Crippen LogP contribution in [-0.4, -0.2) is 46.7 Å². The molecule has 1 atom stereocenters. The summed E-state index contributed by atoms with van der Waals surface area (Å²) in [5, 5.41) is 0.870. The molecule has 5 rings (SSSR count). The first-order valence-corrected chi connectivity index (χ1v) is 13.4. The van der Waals surface area contributed by atoms with E-state index in [2.05, 4.69) is 12.1 Å². The van der Waals surface area contributed by atoms with E-state index >= 15 is 0 Å². The van der Waals surface area contributed by atoms with Crippen LogP contribution in [0.2, 0.25) is 10.0 Å². The van der Waals surface area contributed by atoms with Crippen molar-refractivity contribution in [3.05, 3.63) is 69.9 Å². The zero-order chi connectivity index (χ0) is 24.3. The van der Waals surface area contributed by atoms with E-state index in [-0.39, 0.29) is 11.4 Å². The first-order valence-electron chi connectivity index (χ1n) is 12.6. The topological polar surface area (TPSA) is 54.8 Å². The molecule has 0 spiro atoms. The molecule has 2 aliphatic heterocycles. The van der Waals surface area contributed by atoms with Gasteiger partial charge in [-0.1, -0.05) is 35.3 Å². The molecule has 1 aromatic carbocycles. The smallest absolute Gasteiger partial charge is 0.253 e. The summed E-state index contributed by atoms with van der Waals surface area (Å²) in [4.78, 5) is 24.6. The molecule has 7 heteroatoms. The summed E-state index contributed by atoms with van der Waals surface area (Å²) in [5.74, 6) is 1.23. The summed E-state index contributed by atoms with van der Waals surface area (Å²) in [6.45, 7) is 1.46. The Morgan fingerprint density at radius 2 is 1.86 bits per heavy atom. The van der Waals surface area contributed by atoms with E-state index in [4.69, 9.17) is 37.9 Å². The van der Waals surface area contributed by atoms with Gasteiger partial charge < -0.3 is 9.64 Å². The van der Waals surface area contributed by atoms with Crippen molar-refractivity contribution in [3.63, 3.8) is 0 Å². The largest absolute Gasteiger partial charge is 0.474 e. The van der Waals surface area contributed by atoms with Gasteiger partial charge in [-0.2, -0.15) is 0 Å². The van der Waals surface area contributed by atoms with Gasteiger partial charge in [0.25, 0.3) is 5.91 Å². The molecule has 1 amide bonds. The minimum absolute atomic E-state index is 0.0128. The van der Waals surface area contributed by atoms with Gasteiger partial charge in [0, 0.05) is 43.0 Å². The van der Waals surface area contributed by atoms with E-state index in [9.17, 15) is 4.79 Å². The summed E-state index contributed by atoms with van der Waals surface area (Å²) in [6.07, 6.45) is 14.8. The van der Waals surface area contributed by atoms with Crippen LogP contribution in [0.3, 0.4) is 0 Å². The number of ether oxygens (including phenoxy) is 1. The molecule has 1 aromatic heterocycles. The molecule has 35 heavy (non-hydrogen) atoms. The molecule has 1 unspecified atom stereocenters. The molecule has 0 radical (unpaired) electrons. The van der Waals surface area contributed by atoms with Gasteiger partial charge in [0.15, 0.2) is 0 Å². The van der Waals surface area contributed by atoms with E-state index < -0.39 is 0 Å². The number of likely N-dealkylation sites (tertiary alicyclic amines) is 1. The number of hydrogen-bond donors (Lipinski definition) is 0. The lowest BCUT2D eigenvalue weighted by Gasteiger charge is -2.36. The van der Waals surface area contributed by atoms with Crippen LogP contribution in [0.5, 0.6) is 5.88 Å². The summed E-state index contributed by atoms with van der Waals surface area (Å²) in [7, 11) is 0. The van der Waals surface area contributed by atoms with Gasteiger partial charge in [-0.15, -0.1) is 0 Å². The fourth-order valence-corrected chi connectivity index (χ4v) is 5.82. The lowest BCUT2D eigenvalue weighted by molar-refractivity contribution is 0.0679. The molecule has 2 aromatic rings. The average molecular weight is 512 g/mol. The highest BCUT2D eigenvalue weighted by atomic mass is 35.5. The predicted molar refractivity (Wildman–Crippen MR) is 141 cm³/mol. The van der Waals surface area contributed by atoms with Crippen LogP contribution in [-0.2, 0) is 6.42 Å². The van der Waals surface area contributed by atoms with E-state index in [0.29, 0.717) is 27.6 Å². The Morgan fingerprint density at radius 1 is 1.06 bits per heavy atom. The Bertz CT molecular complexity index is 1110. The van der Waals surface area contributed by atoms with Crippen molar-refractivity contribution in [3.8, 4) is 5.88 Å². The van der Waals surface area contributed by atoms with Crippen LogP contribution in [0.4, 0.5) is 0 Å². The SMILES string of the molecule is O=C(c1ccc(Cl)c(Cl)c1)N1CCC(CC2(Cc3cccc(OC4CCCC4)n3)C=CC=N2)CC1. The van der Waals surface area contributed by atoms with Crippen LogP contribution in [0.15, 0.2) is 53.5 Å². The van der Waals surface area contributed by atoms with Crippen LogP contribution in [0.1, 0.15) is 61.0 Å². The van der Waals surface area contributed by atoms with Gasteiger partial charge >= 0.3 is 0 Å². The van der Waals surface area contributed by atoms with Gasteiger partial charge in [0.1, 0.15) is 6.10 Å². The molecule has 1 saturated heterocycles. The van der Waals surface area contributed by atoms with E-state index in [0.717, 1.165) is 63.2 Å². The number of aliphatic imine (C=N–C) groups is 1. The van der Waals surface area contributed by atoms with Crippen LogP contribution < -0.4 is 4.74 Å². The van der Waals surface area contributed by atoms with Crippen LogP contribution in [0.25, 0.3) is 0 Å². The monoisotopic (exact) mass is 511 g/mol. The minimum Gasteiger partial charge on any atom is -0.474 e. The van der Waals surface area contributed by atoms with Gasteiger partial charge in [0.05, 0.1) is 15.6 Å². The van der Waals surface area contributed by atoms with E-state index in [1.165, 1.54) is 12.8 Å². The fraction of sp³-hybridized carbons (Fsp3) is 0.464. The maximum absolute atomic E-state index is 12.9. The second-order valence-electron chi connectivity index (χ2n) is 9.98. The first-order chi connectivity index (χ1) is 17.0. The highest BCUT2D eigenvalue weighted by Crippen LogP contribution is 2.35. The molecule has 3 heterocycles. The third-order valence-corrected chi connectivity index (χ3v) is 8.13. The standard InChI is InChI=1S/C28H31Cl2N3O2/c29-24-10-9-21(17-25(24)30)27(34)33-15-11-20(12-16-33)18-28(13-4-14-31-28)19-22-5-3-8-26(32-22)35-23-6-1-2-7-23/h3-5,8-10,13-14,17,20,23H,1-2,6-7,11-12,15-16,18-19H2. The Hall–Kier alpha value is -2.37. The van der Waals surface area contributed by atoms with Crippen molar-refractivity contribution in [1.29, 1.82) is 0 Å². The number of carbonyl (C=O) groups excluding carboxylic acids is 1. The average Bonchev–Trinajstić information content (AvgIpc) is 3.54. The second-order valence-corrected chi connectivity index (χ2v) is 10.8. The third-order valence-electron chi connectivity index (χ3n) is 7.39. The van der Waals surface area contributed by atoms with Crippen LogP contribution >= 0.6 is 23.2 Å². The highest BCUT2D eigenvalue weighted by Gasteiger charge is 2.34. The molecule has 1 saturated carbocycles. The number of pyridine rings is 1. The molecule has 1 aliphatic carbocycles.